The van der Waals surface area contributed by atoms with E-state index in [-0.39, 0.29) is 18.7 Å². The van der Waals surface area contributed by atoms with E-state index in [9.17, 15) is 9.59 Å². The van der Waals surface area contributed by atoms with E-state index in [1.54, 1.807) is 32.0 Å². The van der Waals surface area contributed by atoms with E-state index in [0.29, 0.717) is 17.1 Å². The lowest BCUT2D eigenvalue weighted by Crippen LogP contribution is -2.09. The maximum absolute atomic E-state index is 11.8. The van der Waals surface area contributed by atoms with Gasteiger partial charge in [0.2, 0.25) is 6.79 Å². The Hall–Kier alpha value is -2.30. The van der Waals surface area contributed by atoms with Crippen LogP contribution in [0.3, 0.4) is 0 Å². The highest BCUT2D eigenvalue weighted by atomic mass is 16.7. The zero-order valence-corrected chi connectivity index (χ0v) is 10.7. The number of ketones is 1. The summed E-state index contributed by atoms with van der Waals surface area (Å²) in [6.45, 7) is 3.64. The van der Waals surface area contributed by atoms with Gasteiger partial charge in [0.05, 0.1) is 6.10 Å². The molecule has 0 atom stereocenters. The van der Waals surface area contributed by atoms with Gasteiger partial charge >= 0.3 is 5.97 Å². The van der Waals surface area contributed by atoms with Gasteiger partial charge in [-0.05, 0) is 38.1 Å². The first-order chi connectivity index (χ1) is 9.06. The van der Waals surface area contributed by atoms with Crippen LogP contribution in [0.25, 0.3) is 0 Å². The quantitative estimate of drug-likeness (QED) is 0.472. The van der Waals surface area contributed by atoms with E-state index in [1.807, 2.05) is 0 Å². The van der Waals surface area contributed by atoms with E-state index < -0.39 is 5.97 Å². The molecule has 0 aromatic heterocycles. The van der Waals surface area contributed by atoms with Gasteiger partial charge in [0.25, 0.3) is 0 Å². The van der Waals surface area contributed by atoms with E-state index in [2.05, 4.69) is 0 Å². The summed E-state index contributed by atoms with van der Waals surface area (Å²) in [5.74, 6) is 0.312. The molecule has 0 unspecified atom stereocenters. The second-order valence-corrected chi connectivity index (χ2v) is 4.25. The van der Waals surface area contributed by atoms with Crippen LogP contribution in [0.15, 0.2) is 30.4 Å². The number of hydrogen-bond acceptors (Lipinski definition) is 5. The molecular weight excluding hydrogens is 248 g/mol. The number of rotatable bonds is 4. The van der Waals surface area contributed by atoms with Crippen LogP contribution < -0.4 is 9.47 Å². The van der Waals surface area contributed by atoms with Gasteiger partial charge in [-0.25, -0.2) is 4.79 Å². The molecule has 0 radical (unpaired) electrons. The molecule has 100 valence electrons. The van der Waals surface area contributed by atoms with Crippen LogP contribution in [-0.2, 0) is 9.53 Å². The molecule has 2 rings (SSSR count). The van der Waals surface area contributed by atoms with Crippen molar-refractivity contribution in [1.29, 1.82) is 0 Å². The Kier molecular flexibility index (Phi) is 3.85. The predicted molar refractivity (Wildman–Crippen MR) is 67.3 cm³/mol. The van der Waals surface area contributed by atoms with Crippen molar-refractivity contribution in [3.05, 3.63) is 35.9 Å². The molecule has 0 N–H and O–H groups in total. The number of fused-ring (bicyclic) bond motifs is 1. The van der Waals surface area contributed by atoms with Gasteiger partial charge in [-0.15, -0.1) is 0 Å². The first-order valence-corrected chi connectivity index (χ1v) is 5.89. The Labute approximate surface area is 110 Å². The van der Waals surface area contributed by atoms with E-state index in [4.69, 9.17) is 14.2 Å². The molecule has 0 saturated heterocycles. The summed E-state index contributed by atoms with van der Waals surface area (Å²) >= 11 is 0. The number of hydrogen-bond donors (Lipinski definition) is 0. The fraction of sp³-hybridized carbons (Fsp3) is 0.286. The van der Waals surface area contributed by atoms with Gasteiger partial charge in [0, 0.05) is 11.6 Å². The van der Waals surface area contributed by atoms with Crippen molar-refractivity contribution in [2.45, 2.75) is 20.0 Å². The molecule has 0 amide bonds. The molecule has 0 saturated carbocycles. The van der Waals surface area contributed by atoms with E-state index in [1.165, 1.54) is 6.08 Å². The van der Waals surface area contributed by atoms with Crippen molar-refractivity contribution >= 4 is 11.8 Å². The number of carbonyl (C=O) groups is 2. The molecule has 1 aliphatic heterocycles. The Morgan fingerprint density at radius 3 is 2.68 bits per heavy atom. The second-order valence-electron chi connectivity index (χ2n) is 4.25. The Balaban J connectivity index is 2.04. The fourth-order valence-electron chi connectivity index (χ4n) is 1.56. The summed E-state index contributed by atoms with van der Waals surface area (Å²) < 4.78 is 15.2. The molecule has 0 spiro atoms. The highest BCUT2D eigenvalue weighted by Gasteiger charge is 2.15. The average Bonchev–Trinajstić information content (AvgIpc) is 2.82. The minimum absolute atomic E-state index is 0.156. The maximum atomic E-state index is 11.8. The molecule has 1 aromatic carbocycles. The first-order valence-electron chi connectivity index (χ1n) is 5.89. The van der Waals surface area contributed by atoms with Crippen molar-refractivity contribution in [3.8, 4) is 11.5 Å². The predicted octanol–water partition coefficient (Wildman–Crippen LogP) is 2.11. The average molecular weight is 262 g/mol. The maximum Gasteiger partial charge on any atom is 0.331 e. The first kappa shape index (κ1) is 13.1. The van der Waals surface area contributed by atoms with E-state index >= 15 is 0 Å². The fourth-order valence-corrected chi connectivity index (χ4v) is 1.56. The zero-order chi connectivity index (χ0) is 13.8. The number of ether oxygens (including phenoxy) is 3. The third-order valence-corrected chi connectivity index (χ3v) is 2.38. The SMILES string of the molecule is CC(C)OC(=O)/C=C/C(=O)c1ccc2c(c1)OCO2. The highest BCUT2D eigenvalue weighted by Crippen LogP contribution is 2.32. The number of carbonyl (C=O) groups excluding carboxylic acids is 2. The van der Waals surface area contributed by atoms with Crippen molar-refractivity contribution in [2.75, 3.05) is 6.79 Å². The van der Waals surface area contributed by atoms with Crippen LogP contribution in [0.1, 0.15) is 24.2 Å². The molecule has 1 aliphatic rings. The molecule has 1 aromatic rings. The molecule has 0 aliphatic carbocycles. The summed E-state index contributed by atoms with van der Waals surface area (Å²) in [6.07, 6.45) is 2.09. The second kappa shape index (κ2) is 5.56. The Bertz CT molecular complexity index is 531. The Morgan fingerprint density at radius 2 is 1.95 bits per heavy atom. The monoisotopic (exact) mass is 262 g/mol. The number of benzene rings is 1. The molecule has 1 heterocycles. The van der Waals surface area contributed by atoms with Gasteiger partial charge in [-0.1, -0.05) is 0 Å². The minimum Gasteiger partial charge on any atom is -0.460 e. The highest BCUT2D eigenvalue weighted by molar-refractivity contribution is 6.07. The molecule has 19 heavy (non-hydrogen) atoms. The molecule has 5 heteroatoms. The van der Waals surface area contributed by atoms with Gasteiger partial charge in [0.1, 0.15) is 0 Å². The van der Waals surface area contributed by atoms with Gasteiger partial charge in [0.15, 0.2) is 17.3 Å². The van der Waals surface area contributed by atoms with Crippen molar-refractivity contribution in [2.24, 2.45) is 0 Å². The Morgan fingerprint density at radius 1 is 1.21 bits per heavy atom. The van der Waals surface area contributed by atoms with Crippen LogP contribution in [0.5, 0.6) is 11.5 Å². The normalized spacial score (nSPS) is 13.0. The molecule has 0 fully saturated rings. The number of allylic oxidation sites excluding steroid dienone is 1. The van der Waals surface area contributed by atoms with Crippen molar-refractivity contribution in [1.82, 2.24) is 0 Å². The standard InChI is InChI=1S/C14H14O5/c1-9(2)19-14(16)6-4-11(15)10-3-5-12-13(7-10)18-8-17-12/h3-7,9H,8H2,1-2H3/b6-4+. The molecular formula is C14H14O5. The third kappa shape index (κ3) is 3.34. The third-order valence-electron chi connectivity index (χ3n) is 2.38. The van der Waals surface area contributed by atoms with Gasteiger partial charge in [-0.3, -0.25) is 4.79 Å². The molecule has 5 nitrogen and oxygen atoms in total. The van der Waals surface area contributed by atoms with Crippen LogP contribution in [0.4, 0.5) is 0 Å². The number of esters is 1. The van der Waals surface area contributed by atoms with Gasteiger partial charge < -0.3 is 14.2 Å². The lowest BCUT2D eigenvalue weighted by Gasteiger charge is -2.03. The summed E-state index contributed by atoms with van der Waals surface area (Å²) in [6, 6.07) is 4.87. The summed E-state index contributed by atoms with van der Waals surface area (Å²) in [5, 5.41) is 0. The van der Waals surface area contributed by atoms with Crippen LogP contribution >= 0.6 is 0 Å². The van der Waals surface area contributed by atoms with Crippen LogP contribution in [0.2, 0.25) is 0 Å². The van der Waals surface area contributed by atoms with Gasteiger partial charge in [-0.2, -0.15) is 0 Å². The van der Waals surface area contributed by atoms with E-state index in [0.717, 1.165) is 6.08 Å². The topological polar surface area (TPSA) is 61.8 Å². The smallest absolute Gasteiger partial charge is 0.331 e. The van der Waals surface area contributed by atoms with Crippen molar-refractivity contribution in [3.63, 3.8) is 0 Å². The minimum atomic E-state index is -0.538. The zero-order valence-electron chi connectivity index (χ0n) is 10.7. The summed E-state index contributed by atoms with van der Waals surface area (Å²) in [7, 11) is 0. The lowest BCUT2D eigenvalue weighted by molar-refractivity contribution is -0.141. The largest absolute Gasteiger partial charge is 0.460 e. The van der Waals surface area contributed by atoms with Crippen molar-refractivity contribution < 1.29 is 23.8 Å². The molecule has 0 bridgehead atoms. The van der Waals surface area contributed by atoms with Crippen LogP contribution in [-0.4, -0.2) is 24.6 Å². The lowest BCUT2D eigenvalue weighted by atomic mass is 10.1. The van der Waals surface area contributed by atoms with Crippen LogP contribution in [0, 0.1) is 0 Å². The summed E-state index contributed by atoms with van der Waals surface area (Å²) in [5.41, 5.74) is 0.429. The summed E-state index contributed by atoms with van der Waals surface area (Å²) in [4.78, 5) is 23.1.